The molecule has 0 saturated heterocycles. The van der Waals surface area contributed by atoms with Crippen molar-refractivity contribution in [3.8, 4) is 0 Å². The molecule has 0 radical (unpaired) electrons. The van der Waals surface area contributed by atoms with Crippen molar-refractivity contribution in [2.75, 3.05) is 5.32 Å². The summed E-state index contributed by atoms with van der Waals surface area (Å²) >= 11 is 0. The molecule has 2 aromatic rings. The maximum Gasteiger partial charge on any atom is 0.0486 e. The Morgan fingerprint density at radius 2 is 1.70 bits per heavy atom. The zero-order valence-electron chi connectivity index (χ0n) is 12.5. The van der Waals surface area contributed by atoms with Crippen LogP contribution < -0.4 is 5.32 Å². The number of rotatable bonds is 7. The van der Waals surface area contributed by atoms with Crippen LogP contribution in [0.5, 0.6) is 0 Å². The van der Waals surface area contributed by atoms with Crippen molar-refractivity contribution < 1.29 is 0 Å². The van der Waals surface area contributed by atoms with E-state index < -0.39 is 0 Å². The predicted molar refractivity (Wildman–Crippen MR) is 85.9 cm³/mol. The van der Waals surface area contributed by atoms with E-state index in [4.69, 9.17) is 0 Å². The highest BCUT2D eigenvalue weighted by atomic mass is 14.9. The monoisotopic (exact) mass is 268 g/mol. The molecular formula is C18H24N2. The second-order valence-corrected chi connectivity index (χ2v) is 5.30. The van der Waals surface area contributed by atoms with Crippen LogP contribution in [0.1, 0.15) is 50.3 Å². The van der Waals surface area contributed by atoms with Crippen LogP contribution in [0.25, 0.3) is 0 Å². The predicted octanol–water partition coefficient (Wildman–Crippen LogP) is 4.99. The molecule has 1 N–H and O–H groups in total. The number of pyridine rings is 1. The third kappa shape index (κ3) is 4.37. The first-order chi connectivity index (χ1) is 9.79. The third-order valence-corrected chi connectivity index (χ3v) is 3.61. The summed E-state index contributed by atoms with van der Waals surface area (Å²) in [6.07, 6.45) is 8.75. The van der Waals surface area contributed by atoms with Gasteiger partial charge in [-0.05, 0) is 55.2 Å². The summed E-state index contributed by atoms with van der Waals surface area (Å²) in [5.41, 5.74) is 3.86. The highest BCUT2D eigenvalue weighted by molar-refractivity contribution is 5.46. The van der Waals surface area contributed by atoms with Crippen molar-refractivity contribution in [3.05, 3.63) is 59.9 Å². The van der Waals surface area contributed by atoms with Crippen LogP contribution in [0, 0.1) is 0 Å². The molecule has 0 bridgehead atoms. The van der Waals surface area contributed by atoms with Crippen molar-refractivity contribution in [2.24, 2.45) is 0 Å². The number of hydrogen-bond acceptors (Lipinski definition) is 2. The Kier molecular flexibility index (Phi) is 5.60. The van der Waals surface area contributed by atoms with E-state index in [1.807, 2.05) is 12.4 Å². The minimum atomic E-state index is 0.295. The summed E-state index contributed by atoms with van der Waals surface area (Å²) in [5.74, 6) is 0. The second kappa shape index (κ2) is 7.68. The zero-order chi connectivity index (χ0) is 14.2. The number of aromatic nitrogens is 1. The van der Waals surface area contributed by atoms with E-state index in [-0.39, 0.29) is 0 Å². The molecule has 2 heteroatoms. The van der Waals surface area contributed by atoms with Gasteiger partial charge in [-0.25, -0.2) is 0 Å². The van der Waals surface area contributed by atoms with Crippen molar-refractivity contribution in [2.45, 2.75) is 45.6 Å². The lowest BCUT2D eigenvalue weighted by Crippen LogP contribution is -2.06. The summed E-state index contributed by atoms with van der Waals surface area (Å²) in [4.78, 5) is 4.05. The van der Waals surface area contributed by atoms with E-state index in [2.05, 4.69) is 60.5 Å². The SMILES string of the molecule is CCCCCc1ccc(NC(C)c2ccncc2)cc1. The van der Waals surface area contributed by atoms with E-state index in [1.165, 1.54) is 42.5 Å². The van der Waals surface area contributed by atoms with Crippen LogP contribution in [-0.2, 0) is 6.42 Å². The fourth-order valence-electron chi connectivity index (χ4n) is 2.33. The average molecular weight is 268 g/mol. The summed E-state index contributed by atoms with van der Waals surface area (Å²) in [6, 6.07) is 13.2. The molecule has 106 valence electrons. The number of anilines is 1. The molecule has 0 aliphatic heterocycles. The van der Waals surface area contributed by atoms with Crippen molar-refractivity contribution in [1.29, 1.82) is 0 Å². The molecule has 1 unspecified atom stereocenters. The maximum atomic E-state index is 4.05. The Hall–Kier alpha value is -1.83. The molecule has 0 spiro atoms. The van der Waals surface area contributed by atoms with Gasteiger partial charge in [0.2, 0.25) is 0 Å². The van der Waals surface area contributed by atoms with Crippen LogP contribution in [0.3, 0.4) is 0 Å². The van der Waals surface area contributed by atoms with E-state index >= 15 is 0 Å². The molecule has 0 fully saturated rings. The lowest BCUT2D eigenvalue weighted by molar-refractivity contribution is 0.717. The van der Waals surface area contributed by atoms with Gasteiger partial charge >= 0.3 is 0 Å². The van der Waals surface area contributed by atoms with E-state index in [1.54, 1.807) is 0 Å². The molecule has 0 aliphatic rings. The average Bonchev–Trinajstić information content (AvgIpc) is 2.50. The van der Waals surface area contributed by atoms with Crippen LogP contribution in [0.2, 0.25) is 0 Å². The van der Waals surface area contributed by atoms with Gasteiger partial charge in [0.15, 0.2) is 0 Å². The number of nitrogens with one attached hydrogen (secondary N) is 1. The third-order valence-electron chi connectivity index (χ3n) is 3.61. The summed E-state index contributed by atoms with van der Waals surface area (Å²) in [5, 5.41) is 3.52. The van der Waals surface area contributed by atoms with Gasteiger partial charge in [-0.2, -0.15) is 0 Å². The number of benzene rings is 1. The van der Waals surface area contributed by atoms with Gasteiger partial charge in [0.05, 0.1) is 0 Å². The summed E-state index contributed by atoms with van der Waals surface area (Å²) in [7, 11) is 0. The molecule has 2 nitrogen and oxygen atoms in total. The first-order valence-corrected chi connectivity index (χ1v) is 7.55. The second-order valence-electron chi connectivity index (χ2n) is 5.30. The van der Waals surface area contributed by atoms with Crippen LogP contribution >= 0.6 is 0 Å². The summed E-state index contributed by atoms with van der Waals surface area (Å²) < 4.78 is 0. The number of aryl methyl sites for hydroxylation is 1. The lowest BCUT2D eigenvalue weighted by Gasteiger charge is -2.15. The van der Waals surface area contributed by atoms with Crippen molar-refractivity contribution >= 4 is 5.69 Å². The fraction of sp³-hybridized carbons (Fsp3) is 0.389. The van der Waals surface area contributed by atoms with E-state index in [0.29, 0.717) is 6.04 Å². The zero-order valence-corrected chi connectivity index (χ0v) is 12.5. The molecule has 0 aliphatic carbocycles. The maximum absolute atomic E-state index is 4.05. The van der Waals surface area contributed by atoms with Gasteiger partial charge in [-0.1, -0.05) is 31.9 Å². The van der Waals surface area contributed by atoms with Crippen LogP contribution in [0.4, 0.5) is 5.69 Å². The standard InChI is InChI=1S/C18H24N2/c1-3-4-5-6-16-7-9-18(10-8-16)20-15(2)17-11-13-19-14-12-17/h7-15,20H,3-6H2,1-2H3. The Bertz CT molecular complexity index is 491. The van der Waals surface area contributed by atoms with Gasteiger partial charge in [0.1, 0.15) is 0 Å². The first-order valence-electron chi connectivity index (χ1n) is 7.55. The minimum absolute atomic E-state index is 0.295. The van der Waals surface area contributed by atoms with Crippen LogP contribution in [0.15, 0.2) is 48.8 Å². The first kappa shape index (κ1) is 14.6. The highest BCUT2D eigenvalue weighted by Crippen LogP contribution is 2.19. The van der Waals surface area contributed by atoms with Gasteiger partial charge in [0, 0.05) is 24.1 Å². The number of hydrogen-bond donors (Lipinski definition) is 1. The topological polar surface area (TPSA) is 24.9 Å². The Balaban J connectivity index is 1.90. The number of unbranched alkanes of at least 4 members (excludes halogenated alkanes) is 2. The Labute approximate surface area is 122 Å². The highest BCUT2D eigenvalue weighted by Gasteiger charge is 2.04. The Morgan fingerprint density at radius 3 is 2.35 bits per heavy atom. The molecule has 0 saturated carbocycles. The lowest BCUT2D eigenvalue weighted by atomic mass is 10.1. The largest absolute Gasteiger partial charge is 0.379 e. The molecule has 1 aromatic carbocycles. The molecule has 0 amide bonds. The van der Waals surface area contributed by atoms with Gasteiger partial charge in [-0.15, -0.1) is 0 Å². The molecule has 2 rings (SSSR count). The van der Waals surface area contributed by atoms with Gasteiger partial charge in [-0.3, -0.25) is 4.98 Å². The Morgan fingerprint density at radius 1 is 1.00 bits per heavy atom. The minimum Gasteiger partial charge on any atom is -0.379 e. The molecule has 1 aromatic heterocycles. The number of nitrogens with zero attached hydrogens (tertiary/aromatic N) is 1. The van der Waals surface area contributed by atoms with E-state index in [0.717, 1.165) is 0 Å². The molecule has 1 atom stereocenters. The molecule has 20 heavy (non-hydrogen) atoms. The fourth-order valence-corrected chi connectivity index (χ4v) is 2.33. The quantitative estimate of drug-likeness (QED) is 0.716. The van der Waals surface area contributed by atoms with Crippen LogP contribution in [-0.4, -0.2) is 4.98 Å². The van der Waals surface area contributed by atoms with E-state index in [9.17, 15) is 0 Å². The normalized spacial score (nSPS) is 12.1. The summed E-state index contributed by atoms with van der Waals surface area (Å²) in [6.45, 7) is 4.41. The molecular weight excluding hydrogens is 244 g/mol. The van der Waals surface area contributed by atoms with Gasteiger partial charge in [0.25, 0.3) is 0 Å². The van der Waals surface area contributed by atoms with Crippen molar-refractivity contribution in [1.82, 2.24) is 4.98 Å². The smallest absolute Gasteiger partial charge is 0.0486 e. The van der Waals surface area contributed by atoms with Gasteiger partial charge < -0.3 is 5.32 Å². The van der Waals surface area contributed by atoms with Crippen molar-refractivity contribution in [3.63, 3.8) is 0 Å². The molecule has 1 heterocycles.